The highest BCUT2D eigenvalue weighted by molar-refractivity contribution is 6.04. The van der Waals surface area contributed by atoms with E-state index in [2.05, 4.69) is 5.32 Å². The number of carbonyl (C=O) groups is 2. The van der Waals surface area contributed by atoms with E-state index in [1.54, 1.807) is 37.3 Å². The lowest BCUT2D eigenvalue weighted by atomic mass is 10.1. The summed E-state index contributed by atoms with van der Waals surface area (Å²) in [6.45, 7) is 0.309. The van der Waals surface area contributed by atoms with Crippen molar-refractivity contribution in [3.05, 3.63) is 42.5 Å². The van der Waals surface area contributed by atoms with E-state index >= 15 is 0 Å². The smallest absolute Gasteiger partial charge is 0.229 e. The summed E-state index contributed by atoms with van der Waals surface area (Å²) in [6.07, 6.45) is 0.163. The van der Waals surface area contributed by atoms with Crippen LogP contribution in [-0.4, -0.2) is 46.7 Å². The average molecular weight is 383 g/mol. The molecule has 1 saturated heterocycles. The van der Waals surface area contributed by atoms with Crippen LogP contribution >= 0.6 is 0 Å². The van der Waals surface area contributed by atoms with Crippen molar-refractivity contribution >= 4 is 28.9 Å². The molecule has 0 saturated carbocycles. The zero-order chi connectivity index (χ0) is 20.3. The Kier molecular flexibility index (Phi) is 5.73. The van der Waals surface area contributed by atoms with Gasteiger partial charge in [-0.25, -0.2) is 0 Å². The van der Waals surface area contributed by atoms with Gasteiger partial charge in [-0.2, -0.15) is 0 Å². The van der Waals surface area contributed by atoms with Gasteiger partial charge in [0.1, 0.15) is 11.5 Å². The predicted octanol–water partition coefficient (Wildman–Crippen LogP) is 2.76. The zero-order valence-corrected chi connectivity index (χ0v) is 16.6. The molecule has 1 atom stereocenters. The van der Waals surface area contributed by atoms with Gasteiger partial charge in [0.15, 0.2) is 0 Å². The van der Waals surface area contributed by atoms with Crippen molar-refractivity contribution in [2.45, 2.75) is 6.42 Å². The van der Waals surface area contributed by atoms with Crippen molar-refractivity contribution in [1.29, 1.82) is 0 Å². The van der Waals surface area contributed by atoms with Crippen molar-refractivity contribution < 1.29 is 19.1 Å². The van der Waals surface area contributed by atoms with Crippen LogP contribution in [-0.2, 0) is 9.59 Å². The van der Waals surface area contributed by atoms with Gasteiger partial charge in [-0.15, -0.1) is 0 Å². The number of carbonyl (C=O) groups excluding carboxylic acids is 2. The highest BCUT2D eigenvalue weighted by Gasteiger charge is 2.36. The molecular weight excluding hydrogens is 358 g/mol. The van der Waals surface area contributed by atoms with E-state index in [-0.39, 0.29) is 18.2 Å². The third-order valence-corrected chi connectivity index (χ3v) is 4.82. The average Bonchev–Trinajstić information content (AvgIpc) is 3.09. The molecule has 3 rings (SSSR count). The summed E-state index contributed by atoms with van der Waals surface area (Å²) in [5.74, 6) is 0.482. The lowest BCUT2D eigenvalue weighted by Gasteiger charge is -2.20. The van der Waals surface area contributed by atoms with Gasteiger partial charge in [-0.3, -0.25) is 9.59 Å². The Bertz CT molecular complexity index is 864. The van der Waals surface area contributed by atoms with E-state index in [0.717, 1.165) is 5.69 Å². The van der Waals surface area contributed by atoms with Crippen molar-refractivity contribution in [2.24, 2.45) is 5.92 Å². The monoisotopic (exact) mass is 383 g/mol. The summed E-state index contributed by atoms with van der Waals surface area (Å²) in [5.41, 5.74) is 2.40. The fourth-order valence-electron chi connectivity index (χ4n) is 3.21. The number of hydrogen-bond acceptors (Lipinski definition) is 5. The van der Waals surface area contributed by atoms with Crippen molar-refractivity contribution in [3.8, 4) is 11.5 Å². The molecule has 0 aromatic heterocycles. The summed E-state index contributed by atoms with van der Waals surface area (Å²) < 4.78 is 10.6. The second kappa shape index (κ2) is 8.21. The van der Waals surface area contributed by atoms with Crippen molar-refractivity contribution in [1.82, 2.24) is 0 Å². The number of amides is 2. The molecule has 7 nitrogen and oxygen atoms in total. The van der Waals surface area contributed by atoms with Crippen molar-refractivity contribution in [3.63, 3.8) is 0 Å². The Morgan fingerprint density at radius 3 is 2.43 bits per heavy atom. The van der Waals surface area contributed by atoms with Gasteiger partial charge in [-0.05, 0) is 36.4 Å². The van der Waals surface area contributed by atoms with Crippen LogP contribution in [0.4, 0.5) is 17.1 Å². The molecule has 0 spiro atoms. The molecule has 2 amide bonds. The third-order valence-electron chi connectivity index (χ3n) is 4.82. The van der Waals surface area contributed by atoms with Crippen LogP contribution in [0.25, 0.3) is 0 Å². The van der Waals surface area contributed by atoms with E-state index < -0.39 is 5.92 Å². The van der Waals surface area contributed by atoms with Crippen LogP contribution in [0, 0.1) is 5.92 Å². The molecule has 1 heterocycles. The number of hydrogen-bond donors (Lipinski definition) is 1. The van der Waals surface area contributed by atoms with Crippen LogP contribution in [0.3, 0.4) is 0 Å². The summed E-state index contributed by atoms with van der Waals surface area (Å²) in [6, 6.07) is 12.8. The highest BCUT2D eigenvalue weighted by Crippen LogP contribution is 2.36. The molecule has 0 aliphatic carbocycles. The Balaban J connectivity index is 1.71. The van der Waals surface area contributed by atoms with E-state index in [9.17, 15) is 9.59 Å². The lowest BCUT2D eigenvalue weighted by Crippen LogP contribution is -2.28. The molecule has 28 heavy (non-hydrogen) atoms. The maximum atomic E-state index is 12.7. The minimum atomic E-state index is -0.423. The maximum Gasteiger partial charge on any atom is 0.229 e. The Morgan fingerprint density at radius 2 is 1.82 bits per heavy atom. The van der Waals surface area contributed by atoms with Gasteiger partial charge in [0.2, 0.25) is 11.8 Å². The number of nitrogens with zero attached hydrogens (tertiary/aromatic N) is 2. The number of ether oxygens (including phenoxy) is 2. The van der Waals surface area contributed by atoms with Gasteiger partial charge in [0.25, 0.3) is 0 Å². The second-order valence-corrected chi connectivity index (χ2v) is 6.87. The Hall–Kier alpha value is -3.22. The maximum absolute atomic E-state index is 12.7. The van der Waals surface area contributed by atoms with Crippen LogP contribution in [0.2, 0.25) is 0 Å². The first-order valence-corrected chi connectivity index (χ1v) is 9.03. The number of anilines is 3. The lowest BCUT2D eigenvalue weighted by molar-refractivity contribution is -0.122. The van der Waals surface area contributed by atoms with Crippen LogP contribution in [0.15, 0.2) is 42.5 Å². The first-order valence-electron chi connectivity index (χ1n) is 9.03. The first kappa shape index (κ1) is 19.5. The number of methoxy groups -OCH3 is 2. The molecular formula is C21H25N3O4. The molecule has 1 N–H and O–H groups in total. The first-order chi connectivity index (χ1) is 13.4. The fraction of sp³-hybridized carbons (Fsp3) is 0.333. The van der Waals surface area contributed by atoms with Gasteiger partial charge in [0, 0.05) is 44.5 Å². The minimum absolute atomic E-state index is 0.105. The van der Waals surface area contributed by atoms with Gasteiger partial charge in [-0.1, -0.05) is 0 Å². The normalized spacial score (nSPS) is 16.1. The van der Waals surface area contributed by atoms with E-state index in [1.165, 1.54) is 0 Å². The molecule has 0 unspecified atom stereocenters. The quantitative estimate of drug-likeness (QED) is 0.831. The van der Waals surface area contributed by atoms with E-state index in [0.29, 0.717) is 29.4 Å². The van der Waals surface area contributed by atoms with Crippen LogP contribution in [0.1, 0.15) is 6.42 Å². The standard InChI is InChI=1S/C21H25N3O4/c1-23(2)16-7-5-15(6-8-16)22-21(26)14-11-20(25)24(13-14)18-10-9-17(27-3)12-19(18)28-4/h5-10,12,14H,11,13H2,1-4H3,(H,22,26)/t14-/m1/s1. The van der Waals surface area contributed by atoms with Crippen LogP contribution < -0.4 is 24.6 Å². The van der Waals surface area contributed by atoms with Gasteiger partial charge in [0.05, 0.1) is 25.8 Å². The van der Waals surface area contributed by atoms with Gasteiger partial charge >= 0.3 is 0 Å². The Labute approximate surface area is 164 Å². The zero-order valence-electron chi connectivity index (χ0n) is 16.6. The Morgan fingerprint density at radius 1 is 1.11 bits per heavy atom. The highest BCUT2D eigenvalue weighted by atomic mass is 16.5. The summed E-state index contributed by atoms with van der Waals surface area (Å²) in [4.78, 5) is 28.8. The number of rotatable bonds is 6. The van der Waals surface area contributed by atoms with E-state index in [1.807, 2.05) is 43.3 Å². The van der Waals surface area contributed by atoms with E-state index in [4.69, 9.17) is 9.47 Å². The van der Waals surface area contributed by atoms with Gasteiger partial charge < -0.3 is 24.6 Å². The predicted molar refractivity (Wildman–Crippen MR) is 109 cm³/mol. The molecule has 1 aliphatic rings. The molecule has 1 aliphatic heterocycles. The minimum Gasteiger partial charge on any atom is -0.497 e. The molecule has 1 fully saturated rings. The summed E-state index contributed by atoms with van der Waals surface area (Å²) in [7, 11) is 7.03. The SMILES string of the molecule is COc1ccc(N2C[C@H](C(=O)Nc3ccc(N(C)C)cc3)CC2=O)c(OC)c1. The molecule has 2 aromatic rings. The molecule has 0 bridgehead atoms. The summed E-state index contributed by atoms with van der Waals surface area (Å²) in [5, 5.41) is 2.90. The molecule has 148 valence electrons. The van der Waals surface area contributed by atoms with Crippen molar-refractivity contribution in [2.75, 3.05) is 50.0 Å². The third kappa shape index (κ3) is 4.03. The number of benzene rings is 2. The fourth-order valence-corrected chi connectivity index (χ4v) is 3.21. The summed E-state index contributed by atoms with van der Waals surface area (Å²) >= 11 is 0. The number of nitrogens with one attached hydrogen (secondary N) is 1. The molecule has 7 heteroatoms. The second-order valence-electron chi connectivity index (χ2n) is 6.87. The topological polar surface area (TPSA) is 71.1 Å². The molecule has 2 aromatic carbocycles. The van der Waals surface area contributed by atoms with Crippen LogP contribution in [0.5, 0.6) is 11.5 Å². The largest absolute Gasteiger partial charge is 0.497 e. The molecule has 0 radical (unpaired) electrons.